The number of rotatable bonds is 7. The van der Waals surface area contributed by atoms with Gasteiger partial charge in [-0.05, 0) is 31.9 Å². The Morgan fingerprint density at radius 1 is 1.28 bits per heavy atom. The van der Waals surface area contributed by atoms with Crippen LogP contribution in [0.25, 0.3) is 0 Å². The van der Waals surface area contributed by atoms with Gasteiger partial charge in [0.1, 0.15) is 11.3 Å². The van der Waals surface area contributed by atoms with E-state index in [1.54, 1.807) is 6.20 Å². The zero-order valence-corrected chi connectivity index (χ0v) is 14.9. The standard InChI is InChI=1S/C18H23N3O4/c1-5-13(6-2)21-11(3)15(10-19-21)17(22)20-12-7-8-14(18(23)24)16(9-12)25-4/h7-10,13H,5-6H2,1-4H3,(H,20,22)(H,23,24). The summed E-state index contributed by atoms with van der Waals surface area (Å²) < 4.78 is 6.95. The Labute approximate surface area is 146 Å². The van der Waals surface area contributed by atoms with Gasteiger partial charge in [-0.15, -0.1) is 0 Å². The normalized spacial score (nSPS) is 10.8. The number of anilines is 1. The highest BCUT2D eigenvalue weighted by Crippen LogP contribution is 2.24. The Morgan fingerprint density at radius 2 is 1.96 bits per heavy atom. The molecule has 2 aromatic rings. The van der Waals surface area contributed by atoms with E-state index in [0.29, 0.717) is 11.3 Å². The van der Waals surface area contributed by atoms with Crippen LogP contribution in [0.1, 0.15) is 59.1 Å². The van der Waals surface area contributed by atoms with E-state index >= 15 is 0 Å². The van der Waals surface area contributed by atoms with Crippen LogP contribution >= 0.6 is 0 Å². The molecule has 0 aliphatic heterocycles. The fourth-order valence-corrected chi connectivity index (χ4v) is 2.79. The average Bonchev–Trinajstić information content (AvgIpc) is 2.97. The van der Waals surface area contributed by atoms with Crippen LogP contribution in [0.15, 0.2) is 24.4 Å². The first-order valence-electron chi connectivity index (χ1n) is 8.19. The molecule has 1 aromatic carbocycles. The number of carbonyl (C=O) groups is 2. The number of carboxylic acid groups (broad SMARTS) is 1. The minimum Gasteiger partial charge on any atom is -0.496 e. The summed E-state index contributed by atoms with van der Waals surface area (Å²) in [4.78, 5) is 23.7. The number of hydrogen-bond donors (Lipinski definition) is 2. The van der Waals surface area contributed by atoms with Gasteiger partial charge in [0.2, 0.25) is 0 Å². The van der Waals surface area contributed by atoms with Crippen molar-refractivity contribution in [1.82, 2.24) is 9.78 Å². The van der Waals surface area contributed by atoms with E-state index < -0.39 is 5.97 Å². The summed E-state index contributed by atoms with van der Waals surface area (Å²) in [6.07, 6.45) is 3.44. The zero-order valence-electron chi connectivity index (χ0n) is 14.9. The van der Waals surface area contributed by atoms with E-state index in [0.717, 1.165) is 18.5 Å². The Balaban J connectivity index is 2.24. The largest absolute Gasteiger partial charge is 0.496 e. The van der Waals surface area contributed by atoms with Crippen LogP contribution in [-0.2, 0) is 0 Å². The highest BCUT2D eigenvalue weighted by Gasteiger charge is 2.19. The van der Waals surface area contributed by atoms with Gasteiger partial charge in [0.25, 0.3) is 5.91 Å². The number of amides is 1. The van der Waals surface area contributed by atoms with E-state index in [2.05, 4.69) is 24.3 Å². The van der Waals surface area contributed by atoms with Crippen molar-refractivity contribution in [2.75, 3.05) is 12.4 Å². The van der Waals surface area contributed by atoms with E-state index in [1.807, 2.05) is 11.6 Å². The Kier molecular flexibility index (Phi) is 5.80. The quantitative estimate of drug-likeness (QED) is 0.801. The first kappa shape index (κ1) is 18.5. The highest BCUT2D eigenvalue weighted by atomic mass is 16.5. The molecule has 7 heteroatoms. The molecular weight excluding hydrogens is 322 g/mol. The fraction of sp³-hybridized carbons (Fsp3) is 0.389. The Bertz CT molecular complexity index is 779. The lowest BCUT2D eigenvalue weighted by Gasteiger charge is -2.15. The molecule has 1 aromatic heterocycles. The lowest BCUT2D eigenvalue weighted by Crippen LogP contribution is -2.15. The van der Waals surface area contributed by atoms with Gasteiger partial charge in [-0.2, -0.15) is 5.10 Å². The monoisotopic (exact) mass is 345 g/mol. The van der Waals surface area contributed by atoms with Crippen molar-refractivity contribution in [2.24, 2.45) is 0 Å². The number of carbonyl (C=O) groups excluding carboxylic acids is 1. The first-order valence-corrected chi connectivity index (χ1v) is 8.19. The second-order valence-corrected chi connectivity index (χ2v) is 5.73. The van der Waals surface area contributed by atoms with Crippen molar-refractivity contribution in [3.8, 4) is 5.75 Å². The lowest BCUT2D eigenvalue weighted by molar-refractivity contribution is 0.0693. The third-order valence-corrected chi connectivity index (χ3v) is 4.27. The first-order chi connectivity index (χ1) is 11.9. The van der Waals surface area contributed by atoms with E-state index in [1.165, 1.54) is 25.3 Å². The number of benzene rings is 1. The predicted octanol–water partition coefficient (Wildman–Crippen LogP) is 3.51. The van der Waals surface area contributed by atoms with Crippen LogP contribution in [0.5, 0.6) is 5.75 Å². The minimum atomic E-state index is -1.09. The van der Waals surface area contributed by atoms with Crippen molar-refractivity contribution in [3.05, 3.63) is 41.2 Å². The third-order valence-electron chi connectivity index (χ3n) is 4.27. The summed E-state index contributed by atoms with van der Waals surface area (Å²) in [5.74, 6) is -1.19. The topological polar surface area (TPSA) is 93.5 Å². The number of nitrogens with one attached hydrogen (secondary N) is 1. The number of aromatic nitrogens is 2. The maximum Gasteiger partial charge on any atom is 0.339 e. The lowest BCUT2D eigenvalue weighted by atomic mass is 10.1. The molecule has 1 heterocycles. The van der Waals surface area contributed by atoms with Gasteiger partial charge in [-0.3, -0.25) is 9.48 Å². The predicted molar refractivity (Wildman–Crippen MR) is 94.5 cm³/mol. The molecule has 134 valence electrons. The summed E-state index contributed by atoms with van der Waals surface area (Å²) in [6, 6.07) is 4.68. The molecule has 0 fully saturated rings. The second-order valence-electron chi connectivity index (χ2n) is 5.73. The molecule has 0 radical (unpaired) electrons. The summed E-state index contributed by atoms with van der Waals surface area (Å²) in [5, 5.41) is 16.2. The maximum atomic E-state index is 12.5. The van der Waals surface area contributed by atoms with Crippen LogP contribution < -0.4 is 10.1 Å². The van der Waals surface area contributed by atoms with E-state index in [9.17, 15) is 9.59 Å². The van der Waals surface area contributed by atoms with Crippen LogP contribution in [0.2, 0.25) is 0 Å². The van der Waals surface area contributed by atoms with E-state index in [4.69, 9.17) is 9.84 Å². The fourth-order valence-electron chi connectivity index (χ4n) is 2.79. The van der Waals surface area contributed by atoms with Gasteiger partial charge in [0.15, 0.2) is 0 Å². The van der Waals surface area contributed by atoms with Gasteiger partial charge in [0.05, 0.1) is 24.9 Å². The smallest absolute Gasteiger partial charge is 0.339 e. The van der Waals surface area contributed by atoms with E-state index in [-0.39, 0.29) is 23.3 Å². The van der Waals surface area contributed by atoms with Crippen molar-refractivity contribution >= 4 is 17.6 Å². The number of methoxy groups -OCH3 is 1. The Hall–Kier alpha value is -2.83. The Morgan fingerprint density at radius 3 is 2.52 bits per heavy atom. The number of ether oxygens (including phenoxy) is 1. The van der Waals surface area contributed by atoms with Crippen molar-refractivity contribution in [1.29, 1.82) is 0 Å². The molecule has 2 N–H and O–H groups in total. The van der Waals surface area contributed by atoms with Crippen LogP contribution in [0.3, 0.4) is 0 Å². The van der Waals surface area contributed by atoms with Crippen LogP contribution in [-0.4, -0.2) is 33.9 Å². The minimum absolute atomic E-state index is 0.0400. The van der Waals surface area contributed by atoms with Gasteiger partial charge < -0.3 is 15.2 Å². The van der Waals surface area contributed by atoms with Gasteiger partial charge in [-0.25, -0.2) is 4.79 Å². The molecular formula is C18H23N3O4. The molecule has 0 atom stereocenters. The molecule has 25 heavy (non-hydrogen) atoms. The number of aromatic carboxylic acids is 1. The molecule has 0 saturated carbocycles. The molecule has 0 saturated heterocycles. The third kappa shape index (κ3) is 3.81. The molecule has 2 rings (SSSR count). The second kappa shape index (κ2) is 7.83. The summed E-state index contributed by atoms with van der Waals surface area (Å²) in [7, 11) is 1.39. The van der Waals surface area contributed by atoms with Crippen molar-refractivity contribution in [2.45, 2.75) is 39.7 Å². The van der Waals surface area contributed by atoms with Crippen LogP contribution in [0, 0.1) is 6.92 Å². The average molecular weight is 345 g/mol. The SMILES string of the molecule is CCC(CC)n1ncc(C(=O)Nc2ccc(C(=O)O)c(OC)c2)c1C. The number of hydrogen-bond acceptors (Lipinski definition) is 4. The molecule has 0 aliphatic carbocycles. The maximum absolute atomic E-state index is 12.5. The molecule has 7 nitrogen and oxygen atoms in total. The molecule has 0 bridgehead atoms. The van der Waals surface area contributed by atoms with Crippen LogP contribution in [0.4, 0.5) is 5.69 Å². The summed E-state index contributed by atoms with van der Waals surface area (Å²) >= 11 is 0. The van der Waals surface area contributed by atoms with Crippen molar-refractivity contribution in [3.63, 3.8) is 0 Å². The van der Waals surface area contributed by atoms with Gasteiger partial charge in [-0.1, -0.05) is 13.8 Å². The zero-order chi connectivity index (χ0) is 18.6. The summed E-state index contributed by atoms with van der Waals surface area (Å²) in [6.45, 7) is 6.05. The molecule has 1 amide bonds. The molecule has 0 unspecified atom stereocenters. The summed E-state index contributed by atoms with van der Waals surface area (Å²) in [5.41, 5.74) is 1.80. The number of nitrogens with zero attached hydrogens (tertiary/aromatic N) is 2. The van der Waals surface area contributed by atoms with Gasteiger partial charge >= 0.3 is 5.97 Å². The number of carboxylic acids is 1. The molecule has 0 spiro atoms. The van der Waals surface area contributed by atoms with Crippen molar-refractivity contribution < 1.29 is 19.4 Å². The van der Waals surface area contributed by atoms with Gasteiger partial charge in [0, 0.05) is 17.4 Å². The molecule has 0 aliphatic rings. The highest BCUT2D eigenvalue weighted by molar-refractivity contribution is 6.05.